The maximum absolute atomic E-state index is 3.27. The molecule has 1 aliphatic rings. The number of nitrogens with zero attached hydrogens (tertiary/aromatic N) is 1. The molecule has 0 spiro atoms. The Kier molecular flexibility index (Phi) is 4.74. The second kappa shape index (κ2) is 5.38. The molecule has 0 bridgehead atoms. The van der Waals surface area contributed by atoms with Crippen molar-refractivity contribution in [2.75, 3.05) is 38.7 Å². The van der Waals surface area contributed by atoms with Crippen LogP contribution in [0.1, 0.15) is 20.3 Å². The average molecular weight is 216 g/mol. The van der Waals surface area contributed by atoms with Crippen molar-refractivity contribution < 1.29 is 0 Å². The molecular weight excluding hydrogens is 192 g/mol. The van der Waals surface area contributed by atoms with Gasteiger partial charge in [-0.05, 0) is 31.7 Å². The van der Waals surface area contributed by atoms with Gasteiger partial charge in [-0.15, -0.1) is 0 Å². The molecule has 0 aromatic heterocycles. The van der Waals surface area contributed by atoms with E-state index in [9.17, 15) is 0 Å². The summed E-state index contributed by atoms with van der Waals surface area (Å²) in [5, 5.41) is 3.27. The average Bonchev–Trinajstić information content (AvgIpc) is 2.53. The Morgan fingerprint density at radius 3 is 2.71 bits per heavy atom. The molecule has 1 saturated heterocycles. The lowest BCUT2D eigenvalue weighted by molar-refractivity contribution is 0.170. The van der Waals surface area contributed by atoms with Crippen molar-refractivity contribution in [3.05, 3.63) is 0 Å². The lowest BCUT2D eigenvalue weighted by atomic mass is 9.92. The fraction of sp³-hybridized carbons (Fsp3) is 1.00. The van der Waals surface area contributed by atoms with E-state index in [1.807, 2.05) is 7.05 Å². The SMILES string of the molecule is CNCC(C)(C)CN(C)C1CCSC1. The predicted octanol–water partition coefficient (Wildman–Crippen LogP) is 1.67. The van der Waals surface area contributed by atoms with E-state index in [2.05, 4.69) is 42.9 Å². The predicted molar refractivity (Wildman–Crippen MR) is 66.1 cm³/mol. The van der Waals surface area contributed by atoms with Crippen LogP contribution in [0.4, 0.5) is 0 Å². The Bertz CT molecular complexity index is 165. The third-order valence-electron chi connectivity index (χ3n) is 2.86. The highest BCUT2D eigenvalue weighted by Gasteiger charge is 2.25. The Morgan fingerprint density at radius 1 is 1.50 bits per heavy atom. The summed E-state index contributed by atoms with van der Waals surface area (Å²) in [6, 6.07) is 0.816. The van der Waals surface area contributed by atoms with Gasteiger partial charge in [-0.25, -0.2) is 0 Å². The molecule has 14 heavy (non-hydrogen) atoms. The van der Waals surface area contributed by atoms with Crippen LogP contribution in [0, 0.1) is 5.41 Å². The zero-order valence-electron chi connectivity index (χ0n) is 9.97. The largest absolute Gasteiger partial charge is 0.319 e. The maximum atomic E-state index is 3.27. The molecule has 1 rings (SSSR count). The van der Waals surface area contributed by atoms with Gasteiger partial charge in [-0.1, -0.05) is 13.8 Å². The second-order valence-corrected chi connectivity index (χ2v) is 6.28. The summed E-state index contributed by atoms with van der Waals surface area (Å²) in [6.07, 6.45) is 1.37. The molecule has 0 radical (unpaired) electrons. The molecule has 1 N–H and O–H groups in total. The van der Waals surface area contributed by atoms with Crippen LogP contribution in [0.5, 0.6) is 0 Å². The number of hydrogen-bond donors (Lipinski definition) is 1. The first-order chi connectivity index (χ1) is 6.55. The lowest BCUT2D eigenvalue weighted by Gasteiger charge is -2.33. The van der Waals surface area contributed by atoms with Crippen LogP contribution in [0.25, 0.3) is 0 Å². The van der Waals surface area contributed by atoms with E-state index < -0.39 is 0 Å². The monoisotopic (exact) mass is 216 g/mol. The van der Waals surface area contributed by atoms with E-state index in [1.54, 1.807) is 0 Å². The summed E-state index contributed by atoms with van der Waals surface area (Å²) in [4.78, 5) is 2.54. The number of hydrogen-bond acceptors (Lipinski definition) is 3. The van der Waals surface area contributed by atoms with Crippen molar-refractivity contribution in [3.8, 4) is 0 Å². The molecule has 0 saturated carbocycles. The molecule has 1 unspecified atom stereocenters. The molecule has 0 aromatic rings. The third-order valence-corrected chi connectivity index (χ3v) is 4.01. The Morgan fingerprint density at radius 2 is 2.21 bits per heavy atom. The summed E-state index contributed by atoms with van der Waals surface area (Å²) >= 11 is 2.09. The molecule has 84 valence electrons. The fourth-order valence-corrected chi connectivity index (χ4v) is 3.51. The van der Waals surface area contributed by atoms with Crippen LogP contribution in [-0.4, -0.2) is 49.6 Å². The summed E-state index contributed by atoms with van der Waals surface area (Å²) in [6.45, 7) is 6.96. The van der Waals surface area contributed by atoms with E-state index in [4.69, 9.17) is 0 Å². The highest BCUT2D eigenvalue weighted by Crippen LogP contribution is 2.24. The molecule has 0 amide bonds. The number of rotatable bonds is 5. The van der Waals surface area contributed by atoms with Gasteiger partial charge in [0.2, 0.25) is 0 Å². The van der Waals surface area contributed by atoms with E-state index in [0.29, 0.717) is 5.41 Å². The van der Waals surface area contributed by atoms with Crippen LogP contribution in [0.15, 0.2) is 0 Å². The van der Waals surface area contributed by atoms with Crippen molar-refractivity contribution in [2.45, 2.75) is 26.3 Å². The number of thioether (sulfide) groups is 1. The van der Waals surface area contributed by atoms with Gasteiger partial charge in [-0.2, -0.15) is 11.8 Å². The maximum Gasteiger partial charge on any atom is 0.0191 e. The van der Waals surface area contributed by atoms with Crippen molar-refractivity contribution in [3.63, 3.8) is 0 Å². The van der Waals surface area contributed by atoms with E-state index in [1.165, 1.54) is 24.5 Å². The van der Waals surface area contributed by atoms with Crippen molar-refractivity contribution in [1.82, 2.24) is 10.2 Å². The van der Waals surface area contributed by atoms with Gasteiger partial charge in [-0.3, -0.25) is 0 Å². The zero-order valence-corrected chi connectivity index (χ0v) is 10.8. The molecule has 1 fully saturated rings. The zero-order chi connectivity index (χ0) is 10.6. The van der Waals surface area contributed by atoms with Gasteiger partial charge < -0.3 is 10.2 Å². The minimum atomic E-state index is 0.386. The minimum Gasteiger partial charge on any atom is -0.319 e. The summed E-state index contributed by atoms with van der Waals surface area (Å²) < 4.78 is 0. The quantitative estimate of drug-likeness (QED) is 0.752. The Hall–Kier alpha value is 0.270. The van der Waals surface area contributed by atoms with E-state index in [0.717, 1.165) is 12.6 Å². The number of nitrogens with one attached hydrogen (secondary N) is 1. The molecule has 0 aliphatic carbocycles. The van der Waals surface area contributed by atoms with Crippen LogP contribution in [0.3, 0.4) is 0 Å². The smallest absolute Gasteiger partial charge is 0.0191 e. The standard InChI is InChI=1S/C11H24N2S/c1-11(2,8-12-3)9-13(4)10-5-6-14-7-10/h10,12H,5-9H2,1-4H3. The first kappa shape index (κ1) is 12.3. The molecule has 0 aromatic carbocycles. The van der Waals surface area contributed by atoms with Crippen molar-refractivity contribution in [1.29, 1.82) is 0 Å². The molecule has 3 heteroatoms. The third kappa shape index (κ3) is 3.79. The highest BCUT2D eigenvalue weighted by molar-refractivity contribution is 7.99. The topological polar surface area (TPSA) is 15.3 Å². The summed E-state index contributed by atoms with van der Waals surface area (Å²) in [7, 11) is 4.31. The molecular formula is C11H24N2S. The van der Waals surface area contributed by atoms with Crippen LogP contribution in [0.2, 0.25) is 0 Å². The van der Waals surface area contributed by atoms with Gasteiger partial charge in [0.25, 0.3) is 0 Å². The first-order valence-corrected chi connectivity index (χ1v) is 6.63. The van der Waals surface area contributed by atoms with Gasteiger partial charge in [0.15, 0.2) is 0 Å². The summed E-state index contributed by atoms with van der Waals surface area (Å²) in [5.41, 5.74) is 0.386. The molecule has 1 heterocycles. The molecule has 1 atom stereocenters. The summed E-state index contributed by atoms with van der Waals surface area (Å²) in [5.74, 6) is 2.67. The van der Waals surface area contributed by atoms with Gasteiger partial charge in [0, 0.05) is 24.9 Å². The first-order valence-electron chi connectivity index (χ1n) is 5.48. The normalized spacial score (nSPS) is 23.4. The minimum absolute atomic E-state index is 0.386. The Balaban J connectivity index is 2.34. The van der Waals surface area contributed by atoms with Crippen molar-refractivity contribution >= 4 is 11.8 Å². The van der Waals surface area contributed by atoms with E-state index in [-0.39, 0.29) is 0 Å². The Labute approximate surface area is 92.8 Å². The highest BCUT2D eigenvalue weighted by atomic mass is 32.2. The van der Waals surface area contributed by atoms with Gasteiger partial charge in [0.1, 0.15) is 0 Å². The van der Waals surface area contributed by atoms with Crippen LogP contribution >= 0.6 is 11.8 Å². The fourth-order valence-electron chi connectivity index (χ4n) is 2.21. The molecule has 2 nitrogen and oxygen atoms in total. The van der Waals surface area contributed by atoms with Crippen molar-refractivity contribution in [2.24, 2.45) is 5.41 Å². The van der Waals surface area contributed by atoms with Gasteiger partial charge in [0.05, 0.1) is 0 Å². The molecule has 1 aliphatic heterocycles. The van der Waals surface area contributed by atoms with Crippen LogP contribution in [-0.2, 0) is 0 Å². The lowest BCUT2D eigenvalue weighted by Crippen LogP contribution is -2.42. The van der Waals surface area contributed by atoms with Crippen LogP contribution < -0.4 is 5.32 Å². The second-order valence-electron chi connectivity index (χ2n) is 5.13. The van der Waals surface area contributed by atoms with Gasteiger partial charge >= 0.3 is 0 Å². The van der Waals surface area contributed by atoms with E-state index >= 15 is 0 Å².